The Kier molecular flexibility index (Phi) is 6.87. The molecule has 2 heterocycles. The Morgan fingerprint density at radius 1 is 1.32 bits per heavy atom. The van der Waals surface area contributed by atoms with E-state index in [-0.39, 0.29) is 5.56 Å². The Morgan fingerprint density at radius 3 is 2.93 bits per heavy atom. The number of benzene rings is 1. The van der Waals surface area contributed by atoms with Gasteiger partial charge in [0.25, 0.3) is 0 Å². The minimum Gasteiger partial charge on any atom is -0.494 e. The number of carbonyl (C=O) groups is 1. The maximum Gasteiger partial charge on any atom is 0.339 e. The number of anilines is 1. The van der Waals surface area contributed by atoms with Crippen LogP contribution in [0.25, 0.3) is 0 Å². The second-order valence-electron chi connectivity index (χ2n) is 7.13. The van der Waals surface area contributed by atoms with Gasteiger partial charge in [-0.25, -0.2) is 9.78 Å². The number of carboxylic acids is 1. The van der Waals surface area contributed by atoms with Gasteiger partial charge in [0.15, 0.2) is 0 Å². The van der Waals surface area contributed by atoms with E-state index in [1.165, 1.54) is 5.56 Å². The number of nitrogens with zero attached hydrogens (tertiary/aromatic N) is 3. The molecule has 1 aromatic carbocycles. The number of likely N-dealkylation sites (N-methyl/N-ethyl adjacent to an activating group) is 1. The predicted octanol–water partition coefficient (Wildman–Crippen LogP) is 3.67. The maximum atomic E-state index is 11.5. The zero-order chi connectivity index (χ0) is 19.9. The van der Waals surface area contributed by atoms with Crippen LogP contribution < -0.4 is 9.64 Å². The Labute approximate surface area is 166 Å². The van der Waals surface area contributed by atoms with E-state index in [4.69, 9.17) is 4.74 Å². The van der Waals surface area contributed by atoms with Gasteiger partial charge in [-0.1, -0.05) is 26.0 Å². The van der Waals surface area contributed by atoms with E-state index in [1.54, 1.807) is 18.3 Å². The summed E-state index contributed by atoms with van der Waals surface area (Å²) in [4.78, 5) is 20.4. The number of pyridine rings is 1. The molecule has 6 nitrogen and oxygen atoms in total. The Bertz CT molecular complexity index is 796. The molecule has 28 heavy (non-hydrogen) atoms. The van der Waals surface area contributed by atoms with Crippen LogP contribution >= 0.6 is 0 Å². The first-order chi connectivity index (χ1) is 13.6. The highest BCUT2D eigenvalue weighted by Gasteiger charge is 2.29. The predicted molar refractivity (Wildman–Crippen MR) is 110 cm³/mol. The summed E-state index contributed by atoms with van der Waals surface area (Å²) in [6.45, 7) is 8.40. The monoisotopic (exact) mass is 383 g/mol. The molecule has 6 heteroatoms. The fourth-order valence-electron chi connectivity index (χ4n) is 3.74. The Balaban J connectivity index is 1.67. The summed E-state index contributed by atoms with van der Waals surface area (Å²) in [5.74, 6) is 0.564. The van der Waals surface area contributed by atoms with Gasteiger partial charge in [0.2, 0.25) is 0 Å². The molecule has 0 radical (unpaired) electrons. The molecule has 0 spiro atoms. The summed E-state index contributed by atoms with van der Waals surface area (Å²) in [5, 5.41) is 9.44. The first-order valence-corrected chi connectivity index (χ1v) is 10.0. The molecule has 0 saturated carbocycles. The van der Waals surface area contributed by atoms with Crippen LogP contribution in [0.15, 0.2) is 42.6 Å². The molecule has 1 saturated heterocycles. The average molecular weight is 383 g/mol. The van der Waals surface area contributed by atoms with E-state index in [0.717, 1.165) is 51.4 Å². The van der Waals surface area contributed by atoms with Crippen LogP contribution in [0, 0.1) is 0 Å². The van der Waals surface area contributed by atoms with Crippen LogP contribution in [0.4, 0.5) is 5.82 Å². The van der Waals surface area contributed by atoms with Crippen molar-refractivity contribution in [3.05, 3.63) is 53.7 Å². The molecule has 150 valence electrons. The molecule has 0 amide bonds. The Hall–Kier alpha value is -2.60. The molecule has 1 aliphatic heterocycles. The fraction of sp³-hybridized carbons (Fsp3) is 0.455. The number of aromatic nitrogens is 1. The van der Waals surface area contributed by atoms with Crippen molar-refractivity contribution >= 4 is 11.8 Å². The molecule has 2 aromatic rings. The lowest BCUT2D eigenvalue weighted by Crippen LogP contribution is -2.37. The van der Waals surface area contributed by atoms with Crippen LogP contribution in [0.1, 0.15) is 42.6 Å². The summed E-state index contributed by atoms with van der Waals surface area (Å²) in [7, 11) is 0. The lowest BCUT2D eigenvalue weighted by Gasteiger charge is -2.28. The number of aromatic carboxylic acids is 1. The van der Waals surface area contributed by atoms with Gasteiger partial charge in [0, 0.05) is 31.9 Å². The summed E-state index contributed by atoms with van der Waals surface area (Å²) in [6, 6.07) is 12.0. The van der Waals surface area contributed by atoms with E-state index in [2.05, 4.69) is 40.8 Å². The van der Waals surface area contributed by atoms with Crippen molar-refractivity contribution in [1.29, 1.82) is 0 Å². The SMILES string of the molecule is CCCOc1cccc(CN(CC)[C@@H]2CCN(c3ncccc3C(=O)O)C2)c1. The van der Waals surface area contributed by atoms with Crippen molar-refractivity contribution in [3.63, 3.8) is 0 Å². The highest BCUT2D eigenvalue weighted by molar-refractivity contribution is 5.93. The lowest BCUT2D eigenvalue weighted by molar-refractivity contribution is 0.0697. The van der Waals surface area contributed by atoms with Crippen LogP contribution in [-0.4, -0.2) is 53.2 Å². The largest absolute Gasteiger partial charge is 0.494 e. The summed E-state index contributed by atoms with van der Waals surface area (Å²) >= 11 is 0. The van der Waals surface area contributed by atoms with Crippen molar-refractivity contribution in [1.82, 2.24) is 9.88 Å². The second kappa shape index (κ2) is 9.55. The normalized spacial score (nSPS) is 16.5. The van der Waals surface area contributed by atoms with Crippen molar-refractivity contribution in [2.75, 3.05) is 31.1 Å². The van der Waals surface area contributed by atoms with Crippen molar-refractivity contribution in [3.8, 4) is 5.75 Å². The third kappa shape index (κ3) is 4.81. The van der Waals surface area contributed by atoms with Gasteiger partial charge in [-0.15, -0.1) is 0 Å². The van der Waals surface area contributed by atoms with Crippen LogP contribution in [-0.2, 0) is 6.54 Å². The van der Waals surface area contributed by atoms with Gasteiger partial charge in [-0.3, -0.25) is 4.90 Å². The molecule has 1 aromatic heterocycles. The zero-order valence-electron chi connectivity index (χ0n) is 16.7. The fourth-order valence-corrected chi connectivity index (χ4v) is 3.74. The average Bonchev–Trinajstić information content (AvgIpc) is 3.20. The van der Waals surface area contributed by atoms with Gasteiger partial charge >= 0.3 is 5.97 Å². The van der Waals surface area contributed by atoms with Gasteiger partial charge in [-0.2, -0.15) is 0 Å². The number of hydrogen-bond donors (Lipinski definition) is 1. The smallest absolute Gasteiger partial charge is 0.339 e. The highest BCUT2D eigenvalue weighted by atomic mass is 16.5. The number of hydrogen-bond acceptors (Lipinski definition) is 5. The third-order valence-corrected chi connectivity index (χ3v) is 5.16. The van der Waals surface area contributed by atoms with E-state index < -0.39 is 5.97 Å². The lowest BCUT2D eigenvalue weighted by atomic mass is 10.1. The molecule has 0 aliphatic carbocycles. The quantitative estimate of drug-likeness (QED) is 0.713. The molecule has 1 N–H and O–H groups in total. The third-order valence-electron chi connectivity index (χ3n) is 5.16. The zero-order valence-corrected chi connectivity index (χ0v) is 16.7. The maximum absolute atomic E-state index is 11.5. The first-order valence-electron chi connectivity index (χ1n) is 10.0. The van der Waals surface area contributed by atoms with Gasteiger partial charge < -0.3 is 14.7 Å². The summed E-state index contributed by atoms with van der Waals surface area (Å²) < 4.78 is 5.76. The minimum absolute atomic E-state index is 0.270. The first kappa shape index (κ1) is 20.1. The standard InChI is InChI=1S/C22H29N3O3/c1-3-13-28-19-8-5-7-17(14-19)15-24(4-2)18-10-12-25(16-18)21-20(22(26)27)9-6-11-23-21/h5-9,11,14,18H,3-4,10,12-13,15-16H2,1-2H3,(H,26,27)/t18-/m1/s1. The molecule has 0 unspecified atom stereocenters. The molecule has 1 aliphatic rings. The molecular formula is C22H29N3O3. The minimum atomic E-state index is -0.928. The van der Waals surface area contributed by atoms with E-state index >= 15 is 0 Å². The van der Waals surface area contributed by atoms with Gasteiger partial charge in [-0.05, 0) is 49.2 Å². The number of rotatable bonds is 9. The van der Waals surface area contributed by atoms with E-state index in [9.17, 15) is 9.90 Å². The van der Waals surface area contributed by atoms with Crippen LogP contribution in [0.5, 0.6) is 5.75 Å². The molecule has 0 bridgehead atoms. The molecule has 1 fully saturated rings. The second-order valence-corrected chi connectivity index (χ2v) is 7.13. The van der Waals surface area contributed by atoms with Crippen molar-refractivity contribution in [2.24, 2.45) is 0 Å². The van der Waals surface area contributed by atoms with Crippen LogP contribution in [0.2, 0.25) is 0 Å². The Morgan fingerprint density at radius 2 is 2.18 bits per heavy atom. The van der Waals surface area contributed by atoms with Gasteiger partial charge in [0.05, 0.1) is 6.61 Å². The molecular weight excluding hydrogens is 354 g/mol. The van der Waals surface area contributed by atoms with E-state index in [0.29, 0.717) is 11.9 Å². The van der Waals surface area contributed by atoms with Crippen molar-refractivity contribution in [2.45, 2.75) is 39.3 Å². The van der Waals surface area contributed by atoms with Crippen LogP contribution in [0.3, 0.4) is 0 Å². The topological polar surface area (TPSA) is 65.9 Å². The number of ether oxygens (including phenoxy) is 1. The molecule has 3 rings (SSSR count). The van der Waals surface area contributed by atoms with Crippen molar-refractivity contribution < 1.29 is 14.6 Å². The number of carboxylic acid groups (broad SMARTS) is 1. The van der Waals surface area contributed by atoms with E-state index in [1.807, 2.05) is 12.1 Å². The van der Waals surface area contributed by atoms with Gasteiger partial charge in [0.1, 0.15) is 17.1 Å². The summed E-state index contributed by atoms with van der Waals surface area (Å²) in [5.41, 5.74) is 1.50. The summed E-state index contributed by atoms with van der Waals surface area (Å²) in [6.07, 6.45) is 3.65. The molecule has 1 atom stereocenters. The highest BCUT2D eigenvalue weighted by Crippen LogP contribution is 2.26.